The summed E-state index contributed by atoms with van der Waals surface area (Å²) in [4.78, 5) is 4.16. The largest absolute Gasteiger partial charge is 0.383 e. The molecule has 1 rings (SSSR count). The van der Waals surface area contributed by atoms with Gasteiger partial charge in [-0.15, -0.1) is 0 Å². The van der Waals surface area contributed by atoms with Crippen LogP contribution in [0.3, 0.4) is 0 Å². The van der Waals surface area contributed by atoms with E-state index in [1.54, 1.807) is 0 Å². The lowest BCUT2D eigenvalue weighted by atomic mass is 10.4. The summed E-state index contributed by atoms with van der Waals surface area (Å²) in [6.45, 7) is 2.95. The van der Waals surface area contributed by atoms with Crippen molar-refractivity contribution in [3.63, 3.8) is 0 Å². The number of hydrogen-bond acceptors (Lipinski definition) is 2. The second-order valence-electron chi connectivity index (χ2n) is 2.00. The third-order valence-electron chi connectivity index (χ3n) is 1.18. The number of rotatable bonds is 2. The van der Waals surface area contributed by atoms with Gasteiger partial charge < -0.3 is 5.32 Å². The number of nitrogens with one attached hydrogen (secondary N) is 1. The van der Waals surface area contributed by atoms with E-state index in [4.69, 9.17) is 0 Å². The van der Waals surface area contributed by atoms with E-state index in [9.17, 15) is 0 Å². The lowest BCUT2D eigenvalue weighted by molar-refractivity contribution is 1.16. The van der Waals surface area contributed by atoms with Crippen LogP contribution in [-0.4, -0.2) is 11.5 Å². The molecular formula is C7H8Br2N2. The molecule has 4 heteroatoms. The molecule has 0 atom stereocenters. The Morgan fingerprint density at radius 2 is 2.18 bits per heavy atom. The molecule has 1 heterocycles. The van der Waals surface area contributed by atoms with Crippen molar-refractivity contribution in [3.8, 4) is 0 Å². The third-order valence-corrected chi connectivity index (χ3v) is 2.23. The molecule has 0 fully saturated rings. The zero-order valence-electron chi connectivity index (χ0n) is 6.06. The molecule has 11 heavy (non-hydrogen) atoms. The number of anilines is 1. The van der Waals surface area contributed by atoms with Crippen molar-refractivity contribution >= 4 is 37.5 Å². The molecule has 0 aliphatic heterocycles. The first-order valence-electron chi connectivity index (χ1n) is 3.30. The SMILES string of the molecule is CCNc1ccc(Br)nc1Br. The molecule has 0 radical (unpaired) electrons. The lowest BCUT2D eigenvalue weighted by Crippen LogP contribution is -1.97. The summed E-state index contributed by atoms with van der Waals surface area (Å²) in [5, 5.41) is 3.17. The second kappa shape index (κ2) is 4.07. The highest BCUT2D eigenvalue weighted by Gasteiger charge is 1.98. The fourth-order valence-corrected chi connectivity index (χ4v) is 1.75. The van der Waals surface area contributed by atoms with Crippen LogP contribution in [0, 0.1) is 0 Å². The van der Waals surface area contributed by atoms with E-state index < -0.39 is 0 Å². The van der Waals surface area contributed by atoms with Crippen molar-refractivity contribution in [2.45, 2.75) is 6.92 Å². The molecule has 0 aromatic carbocycles. The minimum absolute atomic E-state index is 0.839. The van der Waals surface area contributed by atoms with Crippen LogP contribution in [-0.2, 0) is 0 Å². The molecule has 1 aromatic heterocycles. The summed E-state index contributed by atoms with van der Waals surface area (Å²) >= 11 is 6.62. The number of aromatic nitrogens is 1. The van der Waals surface area contributed by atoms with E-state index in [-0.39, 0.29) is 0 Å². The molecule has 1 aromatic rings. The van der Waals surface area contributed by atoms with Crippen LogP contribution in [0.2, 0.25) is 0 Å². The third kappa shape index (κ3) is 2.45. The van der Waals surface area contributed by atoms with Crippen LogP contribution in [0.5, 0.6) is 0 Å². The topological polar surface area (TPSA) is 24.9 Å². The molecule has 60 valence electrons. The Kier molecular flexibility index (Phi) is 3.33. The zero-order valence-corrected chi connectivity index (χ0v) is 9.24. The van der Waals surface area contributed by atoms with Crippen molar-refractivity contribution in [2.75, 3.05) is 11.9 Å². The van der Waals surface area contributed by atoms with Crippen LogP contribution < -0.4 is 5.32 Å². The minimum Gasteiger partial charge on any atom is -0.383 e. The van der Waals surface area contributed by atoms with Gasteiger partial charge in [-0.2, -0.15) is 0 Å². The van der Waals surface area contributed by atoms with Crippen molar-refractivity contribution in [2.24, 2.45) is 0 Å². The summed E-state index contributed by atoms with van der Waals surface area (Å²) in [5.41, 5.74) is 1.02. The Balaban J connectivity index is 2.90. The van der Waals surface area contributed by atoms with E-state index in [1.165, 1.54) is 0 Å². The van der Waals surface area contributed by atoms with Crippen molar-refractivity contribution in [3.05, 3.63) is 21.3 Å². The maximum atomic E-state index is 4.16. The molecule has 0 spiro atoms. The van der Waals surface area contributed by atoms with E-state index >= 15 is 0 Å². The van der Waals surface area contributed by atoms with E-state index in [1.807, 2.05) is 12.1 Å². The predicted molar refractivity (Wildman–Crippen MR) is 53.8 cm³/mol. The van der Waals surface area contributed by atoms with Crippen LogP contribution in [0.25, 0.3) is 0 Å². The van der Waals surface area contributed by atoms with Gasteiger partial charge in [0.1, 0.15) is 9.21 Å². The maximum absolute atomic E-state index is 4.16. The Morgan fingerprint density at radius 3 is 2.73 bits per heavy atom. The summed E-state index contributed by atoms with van der Waals surface area (Å²) in [5.74, 6) is 0. The summed E-state index contributed by atoms with van der Waals surface area (Å²) < 4.78 is 1.68. The summed E-state index contributed by atoms with van der Waals surface area (Å²) in [6.07, 6.45) is 0. The van der Waals surface area contributed by atoms with Gasteiger partial charge in [-0.05, 0) is 50.9 Å². The molecule has 0 amide bonds. The Morgan fingerprint density at radius 1 is 1.45 bits per heavy atom. The molecular weight excluding hydrogens is 272 g/mol. The van der Waals surface area contributed by atoms with Gasteiger partial charge in [0, 0.05) is 6.54 Å². The van der Waals surface area contributed by atoms with E-state index in [0.717, 1.165) is 21.4 Å². The van der Waals surface area contributed by atoms with Gasteiger partial charge in [0.05, 0.1) is 5.69 Å². The number of nitrogens with zero attached hydrogens (tertiary/aromatic N) is 1. The van der Waals surface area contributed by atoms with Gasteiger partial charge in [0.15, 0.2) is 0 Å². The maximum Gasteiger partial charge on any atom is 0.130 e. The highest BCUT2D eigenvalue weighted by atomic mass is 79.9. The van der Waals surface area contributed by atoms with Crippen LogP contribution in [0.1, 0.15) is 6.92 Å². The first kappa shape index (κ1) is 9.00. The highest BCUT2D eigenvalue weighted by Crippen LogP contribution is 2.21. The fourth-order valence-electron chi connectivity index (χ4n) is 0.734. The van der Waals surface area contributed by atoms with E-state index in [0.29, 0.717) is 0 Å². The summed E-state index contributed by atoms with van der Waals surface area (Å²) in [6, 6.07) is 3.88. The molecule has 1 N–H and O–H groups in total. The Bertz CT molecular complexity index is 250. The minimum atomic E-state index is 0.839. The quantitative estimate of drug-likeness (QED) is 0.842. The molecule has 2 nitrogen and oxygen atoms in total. The fraction of sp³-hybridized carbons (Fsp3) is 0.286. The van der Waals surface area contributed by atoms with Crippen LogP contribution >= 0.6 is 31.9 Å². The average molecular weight is 280 g/mol. The normalized spacial score (nSPS) is 9.73. The average Bonchev–Trinajstić information content (AvgIpc) is 1.95. The first-order chi connectivity index (χ1) is 5.24. The van der Waals surface area contributed by atoms with Gasteiger partial charge in [0.25, 0.3) is 0 Å². The molecule has 0 aliphatic rings. The predicted octanol–water partition coefficient (Wildman–Crippen LogP) is 3.04. The second-order valence-corrected chi connectivity index (χ2v) is 3.57. The number of hydrogen-bond donors (Lipinski definition) is 1. The number of halogens is 2. The lowest BCUT2D eigenvalue weighted by Gasteiger charge is -2.04. The number of pyridine rings is 1. The monoisotopic (exact) mass is 278 g/mol. The smallest absolute Gasteiger partial charge is 0.130 e. The molecule has 0 saturated carbocycles. The van der Waals surface area contributed by atoms with Gasteiger partial charge >= 0.3 is 0 Å². The van der Waals surface area contributed by atoms with Crippen molar-refractivity contribution in [1.82, 2.24) is 4.98 Å². The zero-order chi connectivity index (χ0) is 8.27. The molecule has 0 aliphatic carbocycles. The first-order valence-corrected chi connectivity index (χ1v) is 4.88. The van der Waals surface area contributed by atoms with Crippen LogP contribution in [0.15, 0.2) is 21.3 Å². The standard InChI is InChI=1S/C7H8Br2N2/c1-2-10-5-3-4-6(8)11-7(5)9/h3-4,10H,2H2,1H3. The van der Waals surface area contributed by atoms with Gasteiger partial charge in [0.2, 0.25) is 0 Å². The van der Waals surface area contributed by atoms with Crippen molar-refractivity contribution in [1.29, 1.82) is 0 Å². The molecule has 0 bridgehead atoms. The molecule has 0 unspecified atom stereocenters. The highest BCUT2D eigenvalue weighted by molar-refractivity contribution is 9.11. The van der Waals surface area contributed by atoms with Crippen LogP contribution in [0.4, 0.5) is 5.69 Å². The Labute approximate surface area is 82.7 Å². The molecule has 0 saturated heterocycles. The van der Waals surface area contributed by atoms with Crippen molar-refractivity contribution < 1.29 is 0 Å². The van der Waals surface area contributed by atoms with Gasteiger partial charge in [-0.3, -0.25) is 0 Å². The Hall–Kier alpha value is -0.0900. The van der Waals surface area contributed by atoms with Gasteiger partial charge in [-0.25, -0.2) is 4.98 Å². The van der Waals surface area contributed by atoms with Gasteiger partial charge in [-0.1, -0.05) is 0 Å². The van der Waals surface area contributed by atoms with E-state index in [2.05, 4.69) is 49.1 Å². The summed E-state index contributed by atoms with van der Waals surface area (Å²) in [7, 11) is 0.